The molecular formula is C14H20BrN3O. The lowest BCUT2D eigenvalue weighted by molar-refractivity contribution is 0.439. The van der Waals surface area contributed by atoms with Crippen LogP contribution in [0.2, 0.25) is 0 Å². The fourth-order valence-electron chi connectivity index (χ4n) is 3.56. The van der Waals surface area contributed by atoms with E-state index < -0.39 is 0 Å². The lowest BCUT2D eigenvalue weighted by atomic mass is 9.95. The molecule has 2 aliphatic carbocycles. The Morgan fingerprint density at radius 2 is 2.32 bits per heavy atom. The third-order valence-electron chi connectivity index (χ3n) is 4.50. The van der Waals surface area contributed by atoms with Crippen molar-refractivity contribution in [1.82, 2.24) is 9.78 Å². The summed E-state index contributed by atoms with van der Waals surface area (Å²) >= 11 is 3.43. The van der Waals surface area contributed by atoms with Gasteiger partial charge in [0.25, 0.3) is 5.56 Å². The normalized spacial score (nSPS) is 28.8. The van der Waals surface area contributed by atoms with Crippen LogP contribution in [0.3, 0.4) is 0 Å². The molecule has 3 unspecified atom stereocenters. The zero-order valence-electron chi connectivity index (χ0n) is 11.2. The average Bonchev–Trinajstić information content (AvgIpc) is 3.01. The zero-order valence-corrected chi connectivity index (χ0v) is 12.8. The number of fused-ring (bicyclic) bond motifs is 2. The number of aromatic nitrogens is 2. The summed E-state index contributed by atoms with van der Waals surface area (Å²) in [6.07, 6.45) is 8.02. The van der Waals surface area contributed by atoms with Gasteiger partial charge in [0.1, 0.15) is 4.47 Å². The average molecular weight is 326 g/mol. The van der Waals surface area contributed by atoms with Gasteiger partial charge in [-0.25, -0.2) is 4.68 Å². The highest BCUT2D eigenvalue weighted by atomic mass is 79.9. The third-order valence-corrected chi connectivity index (χ3v) is 5.27. The SMILES string of the molecule is CCCn1ncc(NC2CC3CCC2C3)c(Br)c1=O. The highest BCUT2D eigenvalue weighted by Crippen LogP contribution is 2.45. The maximum Gasteiger partial charge on any atom is 0.283 e. The number of hydrogen-bond acceptors (Lipinski definition) is 3. The molecule has 19 heavy (non-hydrogen) atoms. The van der Waals surface area contributed by atoms with E-state index in [2.05, 4.69) is 26.3 Å². The van der Waals surface area contributed by atoms with E-state index in [0.717, 1.165) is 23.9 Å². The van der Waals surface area contributed by atoms with Crippen molar-refractivity contribution < 1.29 is 0 Å². The van der Waals surface area contributed by atoms with Crippen molar-refractivity contribution in [2.24, 2.45) is 11.8 Å². The third kappa shape index (κ3) is 2.45. The maximum atomic E-state index is 12.1. The van der Waals surface area contributed by atoms with Gasteiger partial charge >= 0.3 is 0 Å². The van der Waals surface area contributed by atoms with Crippen LogP contribution in [-0.4, -0.2) is 15.8 Å². The Balaban J connectivity index is 1.78. The first kappa shape index (κ1) is 13.2. The molecule has 5 heteroatoms. The molecule has 3 rings (SSSR count). The van der Waals surface area contributed by atoms with E-state index in [-0.39, 0.29) is 5.56 Å². The van der Waals surface area contributed by atoms with Gasteiger partial charge in [0.2, 0.25) is 0 Å². The van der Waals surface area contributed by atoms with Crippen LogP contribution in [0.1, 0.15) is 39.0 Å². The zero-order chi connectivity index (χ0) is 13.4. The number of halogens is 1. The molecular weight excluding hydrogens is 306 g/mol. The number of hydrogen-bond donors (Lipinski definition) is 1. The molecule has 2 aliphatic rings. The van der Waals surface area contributed by atoms with E-state index >= 15 is 0 Å². The molecule has 2 fully saturated rings. The molecule has 0 spiro atoms. The quantitative estimate of drug-likeness (QED) is 0.925. The van der Waals surface area contributed by atoms with Crippen molar-refractivity contribution in [3.05, 3.63) is 21.0 Å². The number of aryl methyl sites for hydroxylation is 1. The molecule has 1 aromatic rings. The first-order chi connectivity index (χ1) is 9.19. The summed E-state index contributed by atoms with van der Waals surface area (Å²) in [5.41, 5.74) is 0.824. The van der Waals surface area contributed by atoms with Crippen LogP contribution in [0.4, 0.5) is 5.69 Å². The largest absolute Gasteiger partial charge is 0.380 e. The molecule has 104 valence electrons. The van der Waals surface area contributed by atoms with Gasteiger partial charge in [-0.05, 0) is 53.4 Å². The van der Waals surface area contributed by atoms with E-state index in [4.69, 9.17) is 0 Å². The van der Waals surface area contributed by atoms with Crippen molar-refractivity contribution in [2.45, 2.75) is 51.6 Å². The minimum Gasteiger partial charge on any atom is -0.380 e. The first-order valence-electron chi connectivity index (χ1n) is 7.21. The van der Waals surface area contributed by atoms with Gasteiger partial charge in [-0.3, -0.25) is 4.79 Å². The number of rotatable bonds is 4. The van der Waals surface area contributed by atoms with E-state index in [1.165, 1.54) is 30.4 Å². The summed E-state index contributed by atoms with van der Waals surface area (Å²) in [5.74, 6) is 1.68. The summed E-state index contributed by atoms with van der Waals surface area (Å²) in [4.78, 5) is 12.1. The van der Waals surface area contributed by atoms with Gasteiger partial charge in [0.15, 0.2) is 0 Å². The Bertz CT molecular complexity index is 528. The fourth-order valence-corrected chi connectivity index (χ4v) is 3.98. The molecule has 1 aromatic heterocycles. The molecule has 3 atom stereocenters. The van der Waals surface area contributed by atoms with Crippen LogP contribution < -0.4 is 10.9 Å². The Morgan fingerprint density at radius 3 is 2.95 bits per heavy atom. The Kier molecular flexibility index (Phi) is 3.65. The lowest BCUT2D eigenvalue weighted by Crippen LogP contribution is -2.29. The Hall–Kier alpha value is -0.840. The van der Waals surface area contributed by atoms with Crippen molar-refractivity contribution >= 4 is 21.6 Å². The van der Waals surface area contributed by atoms with E-state index in [1.54, 1.807) is 6.20 Å². The molecule has 0 aromatic carbocycles. The van der Waals surface area contributed by atoms with Gasteiger partial charge < -0.3 is 5.32 Å². The Morgan fingerprint density at radius 1 is 1.47 bits per heavy atom. The predicted octanol–water partition coefficient (Wildman–Crippen LogP) is 3.02. The minimum atomic E-state index is -0.0324. The molecule has 4 nitrogen and oxygen atoms in total. The smallest absolute Gasteiger partial charge is 0.283 e. The van der Waals surface area contributed by atoms with Crippen LogP contribution >= 0.6 is 15.9 Å². The minimum absolute atomic E-state index is 0.0324. The second kappa shape index (κ2) is 5.27. The molecule has 1 N–H and O–H groups in total. The molecule has 2 bridgehead atoms. The maximum absolute atomic E-state index is 12.1. The number of nitrogens with zero attached hydrogens (tertiary/aromatic N) is 2. The van der Waals surface area contributed by atoms with Gasteiger partial charge in [0, 0.05) is 12.6 Å². The van der Waals surface area contributed by atoms with E-state index in [9.17, 15) is 4.79 Å². The fraction of sp³-hybridized carbons (Fsp3) is 0.714. The van der Waals surface area contributed by atoms with Gasteiger partial charge in [-0.2, -0.15) is 5.10 Å². The summed E-state index contributed by atoms with van der Waals surface area (Å²) < 4.78 is 2.15. The van der Waals surface area contributed by atoms with Crippen LogP contribution in [0.15, 0.2) is 15.5 Å². The van der Waals surface area contributed by atoms with Gasteiger partial charge in [-0.1, -0.05) is 13.3 Å². The van der Waals surface area contributed by atoms with E-state index in [0.29, 0.717) is 17.1 Å². The number of nitrogens with one attached hydrogen (secondary N) is 1. The van der Waals surface area contributed by atoms with Crippen molar-refractivity contribution in [3.8, 4) is 0 Å². The lowest BCUT2D eigenvalue weighted by Gasteiger charge is -2.24. The summed E-state index contributed by atoms with van der Waals surface area (Å²) in [6, 6.07) is 0.526. The predicted molar refractivity (Wildman–Crippen MR) is 79.3 cm³/mol. The topological polar surface area (TPSA) is 46.9 Å². The molecule has 1 heterocycles. The molecule has 0 amide bonds. The van der Waals surface area contributed by atoms with Gasteiger partial charge in [-0.15, -0.1) is 0 Å². The molecule has 0 aliphatic heterocycles. The van der Waals surface area contributed by atoms with Crippen LogP contribution in [0.25, 0.3) is 0 Å². The highest BCUT2D eigenvalue weighted by Gasteiger charge is 2.39. The standard InChI is InChI=1S/C14H20BrN3O/c1-2-5-18-14(19)13(15)12(8-16-18)17-11-7-9-3-4-10(11)6-9/h8-11,17H,2-7H2,1H3. The first-order valence-corrected chi connectivity index (χ1v) is 8.00. The van der Waals surface area contributed by atoms with Gasteiger partial charge in [0.05, 0.1) is 11.9 Å². The number of anilines is 1. The van der Waals surface area contributed by atoms with Crippen molar-refractivity contribution in [3.63, 3.8) is 0 Å². The summed E-state index contributed by atoms with van der Waals surface area (Å²) in [6.45, 7) is 2.72. The van der Waals surface area contributed by atoms with Crippen LogP contribution in [-0.2, 0) is 6.54 Å². The summed E-state index contributed by atoms with van der Waals surface area (Å²) in [5, 5.41) is 7.77. The van der Waals surface area contributed by atoms with E-state index in [1.807, 2.05) is 6.92 Å². The van der Waals surface area contributed by atoms with Crippen LogP contribution in [0, 0.1) is 11.8 Å². The van der Waals surface area contributed by atoms with Crippen molar-refractivity contribution in [2.75, 3.05) is 5.32 Å². The van der Waals surface area contributed by atoms with Crippen LogP contribution in [0.5, 0.6) is 0 Å². The second-order valence-electron chi connectivity index (χ2n) is 5.83. The monoisotopic (exact) mass is 325 g/mol. The molecule has 0 saturated heterocycles. The highest BCUT2D eigenvalue weighted by molar-refractivity contribution is 9.10. The molecule has 2 saturated carbocycles. The second-order valence-corrected chi connectivity index (χ2v) is 6.62. The van der Waals surface area contributed by atoms with Crippen molar-refractivity contribution in [1.29, 1.82) is 0 Å². The Labute approximate surface area is 121 Å². The summed E-state index contributed by atoms with van der Waals surface area (Å²) in [7, 11) is 0. The molecule has 0 radical (unpaired) electrons.